The van der Waals surface area contributed by atoms with Crippen LogP contribution in [0.5, 0.6) is 5.75 Å². The van der Waals surface area contributed by atoms with Gasteiger partial charge in [-0.25, -0.2) is 9.78 Å². The van der Waals surface area contributed by atoms with Crippen molar-refractivity contribution in [3.05, 3.63) is 119 Å². The summed E-state index contributed by atoms with van der Waals surface area (Å²) in [6.07, 6.45) is -0.663. The number of carbonyl (C=O) groups is 2. The number of hydrogen-bond acceptors (Lipinski definition) is 6. The van der Waals surface area contributed by atoms with Gasteiger partial charge in [-0.05, 0) is 35.9 Å². The number of nitrogens with one attached hydrogen (secondary N) is 2. The van der Waals surface area contributed by atoms with E-state index in [2.05, 4.69) is 20.0 Å². The molecular weight excluding hydrogens is 496 g/mol. The van der Waals surface area contributed by atoms with Crippen molar-refractivity contribution in [2.75, 3.05) is 17.3 Å². The van der Waals surface area contributed by atoms with Crippen molar-refractivity contribution in [2.45, 2.75) is 12.3 Å². The summed E-state index contributed by atoms with van der Waals surface area (Å²) in [4.78, 5) is 34.1. The van der Waals surface area contributed by atoms with E-state index < -0.39 is 11.8 Å². The van der Waals surface area contributed by atoms with E-state index in [1.165, 1.54) is 12.0 Å². The molecule has 5 aromatic rings. The van der Waals surface area contributed by atoms with Gasteiger partial charge in [0.05, 0.1) is 23.8 Å². The number of imidazole rings is 1. The number of ether oxygens (including phenoxy) is 2. The van der Waals surface area contributed by atoms with E-state index in [-0.39, 0.29) is 11.9 Å². The number of fused-ring (bicyclic) bond motifs is 2. The number of aromatic amines is 1. The van der Waals surface area contributed by atoms with Crippen molar-refractivity contribution in [2.24, 2.45) is 0 Å². The fourth-order valence-corrected chi connectivity index (χ4v) is 4.83. The molecule has 1 unspecified atom stereocenters. The second-order valence-corrected chi connectivity index (χ2v) is 9.06. The summed E-state index contributed by atoms with van der Waals surface area (Å²) in [5.41, 5.74) is 2.06. The Morgan fingerprint density at radius 3 is 2.62 bits per heavy atom. The lowest BCUT2D eigenvalue weighted by Crippen LogP contribution is -2.45. The molecule has 39 heavy (non-hydrogen) atoms. The van der Waals surface area contributed by atoms with Crippen LogP contribution in [0.15, 0.2) is 97.1 Å². The van der Waals surface area contributed by atoms with Gasteiger partial charge in [-0.15, -0.1) is 0 Å². The molecule has 0 saturated heterocycles. The zero-order chi connectivity index (χ0) is 27.0. The molecule has 194 valence electrons. The third kappa shape index (κ3) is 4.24. The molecule has 3 N–H and O–H groups in total. The van der Waals surface area contributed by atoms with Crippen molar-refractivity contribution < 1.29 is 24.2 Å². The van der Waals surface area contributed by atoms with Gasteiger partial charge in [0.1, 0.15) is 12.4 Å². The second kappa shape index (κ2) is 9.62. The number of aromatic nitrogens is 2. The summed E-state index contributed by atoms with van der Waals surface area (Å²) < 4.78 is 10.6. The van der Waals surface area contributed by atoms with E-state index in [9.17, 15) is 14.7 Å². The quantitative estimate of drug-likeness (QED) is 0.284. The van der Waals surface area contributed by atoms with Crippen LogP contribution in [0.2, 0.25) is 0 Å². The number of amides is 2. The molecule has 0 aliphatic carbocycles. The smallest absolute Gasteiger partial charge is 0.413 e. The number of rotatable bonds is 6. The number of H-pyrrole nitrogens is 1. The molecule has 1 aliphatic rings. The summed E-state index contributed by atoms with van der Waals surface area (Å²) in [6.45, 7) is 0.362. The highest BCUT2D eigenvalue weighted by Crippen LogP contribution is 2.45. The van der Waals surface area contributed by atoms with Crippen LogP contribution < -0.4 is 15.0 Å². The zero-order valence-corrected chi connectivity index (χ0v) is 20.9. The minimum atomic E-state index is -1.82. The van der Waals surface area contributed by atoms with Crippen LogP contribution in [0, 0.1) is 0 Å². The van der Waals surface area contributed by atoms with Crippen LogP contribution in [-0.2, 0) is 17.1 Å². The molecular formula is C30H24N4O5. The van der Waals surface area contributed by atoms with Gasteiger partial charge < -0.3 is 19.6 Å². The molecule has 1 aliphatic heterocycles. The number of benzene rings is 4. The van der Waals surface area contributed by atoms with Gasteiger partial charge in [0, 0.05) is 22.8 Å². The Bertz CT molecular complexity index is 1700. The molecule has 6 rings (SSSR count). The number of nitrogens with zero attached hydrogens (tertiary/aromatic N) is 2. The lowest BCUT2D eigenvalue weighted by molar-refractivity contribution is 0.0704. The maximum Gasteiger partial charge on any atom is 0.413 e. The number of aliphatic hydroxyl groups is 1. The SMILES string of the molecule is COC(=O)Nc1nc2cc(C3(O)c4ccccc4C(=O)N3c3cccc(OCc4ccccc4)c3)ccc2[nH]1. The maximum atomic E-state index is 13.7. The fourth-order valence-electron chi connectivity index (χ4n) is 4.83. The van der Waals surface area contributed by atoms with Gasteiger partial charge in [-0.2, -0.15) is 0 Å². The molecule has 0 radical (unpaired) electrons. The minimum absolute atomic E-state index is 0.198. The summed E-state index contributed by atoms with van der Waals surface area (Å²) in [7, 11) is 1.26. The Hall–Kier alpha value is -5.15. The summed E-state index contributed by atoms with van der Waals surface area (Å²) in [5.74, 6) is 0.413. The predicted octanol–water partition coefficient (Wildman–Crippen LogP) is 5.17. The van der Waals surface area contributed by atoms with E-state index in [0.29, 0.717) is 45.8 Å². The zero-order valence-electron chi connectivity index (χ0n) is 20.9. The van der Waals surface area contributed by atoms with Gasteiger partial charge in [-0.1, -0.05) is 60.7 Å². The minimum Gasteiger partial charge on any atom is -0.489 e. The van der Waals surface area contributed by atoms with E-state index in [4.69, 9.17) is 4.74 Å². The van der Waals surface area contributed by atoms with E-state index in [1.54, 1.807) is 60.7 Å². The molecule has 0 fully saturated rings. The van der Waals surface area contributed by atoms with E-state index >= 15 is 0 Å². The summed E-state index contributed by atoms with van der Waals surface area (Å²) >= 11 is 0. The molecule has 9 heteroatoms. The Labute approximate surface area is 223 Å². The van der Waals surface area contributed by atoms with Crippen molar-refractivity contribution in [1.82, 2.24) is 9.97 Å². The van der Waals surface area contributed by atoms with Crippen LogP contribution in [0.4, 0.5) is 16.4 Å². The lowest BCUT2D eigenvalue weighted by atomic mass is 9.93. The Balaban J connectivity index is 1.41. The van der Waals surface area contributed by atoms with Crippen LogP contribution in [0.25, 0.3) is 11.0 Å². The van der Waals surface area contributed by atoms with Gasteiger partial charge in [0.25, 0.3) is 5.91 Å². The molecule has 2 amide bonds. The topological polar surface area (TPSA) is 117 Å². The Kier molecular flexibility index (Phi) is 5.97. The largest absolute Gasteiger partial charge is 0.489 e. The molecule has 1 atom stereocenters. The molecule has 1 aromatic heterocycles. The molecule has 2 heterocycles. The van der Waals surface area contributed by atoms with Crippen molar-refractivity contribution in [3.63, 3.8) is 0 Å². The molecule has 0 bridgehead atoms. The van der Waals surface area contributed by atoms with Crippen LogP contribution in [0.3, 0.4) is 0 Å². The highest BCUT2D eigenvalue weighted by atomic mass is 16.5. The van der Waals surface area contributed by atoms with Gasteiger partial charge >= 0.3 is 6.09 Å². The average molecular weight is 521 g/mol. The predicted molar refractivity (Wildman–Crippen MR) is 146 cm³/mol. The number of methoxy groups -OCH3 is 1. The number of carbonyl (C=O) groups excluding carboxylic acids is 2. The van der Waals surface area contributed by atoms with Crippen LogP contribution >= 0.6 is 0 Å². The summed E-state index contributed by atoms with van der Waals surface area (Å²) in [6, 6.07) is 29.0. The molecule has 0 spiro atoms. The normalized spacial score (nSPS) is 16.3. The average Bonchev–Trinajstić information content (AvgIpc) is 3.48. The first kappa shape index (κ1) is 24.2. The van der Waals surface area contributed by atoms with Crippen LogP contribution in [-0.4, -0.2) is 34.2 Å². The monoisotopic (exact) mass is 520 g/mol. The number of hydrogen-bond donors (Lipinski definition) is 3. The highest BCUT2D eigenvalue weighted by molar-refractivity contribution is 6.12. The summed E-state index contributed by atoms with van der Waals surface area (Å²) in [5, 5.41) is 14.9. The van der Waals surface area contributed by atoms with Gasteiger partial charge in [-0.3, -0.25) is 15.0 Å². The van der Waals surface area contributed by atoms with Crippen molar-refractivity contribution in [3.8, 4) is 5.75 Å². The standard InChI is InChI=1S/C30H24N4O5/c1-38-29(36)33-28-31-25-15-14-20(16-26(25)32-28)30(37)24-13-6-5-12-23(24)27(35)34(30)21-10-7-11-22(17-21)39-18-19-8-3-2-4-9-19/h2-17,37H,18H2,1H3,(H2,31,32,33,36). The Morgan fingerprint density at radius 2 is 1.79 bits per heavy atom. The fraction of sp³-hybridized carbons (Fsp3) is 0.100. The van der Waals surface area contributed by atoms with Crippen molar-refractivity contribution >= 4 is 34.7 Å². The maximum absolute atomic E-state index is 13.7. The molecule has 9 nitrogen and oxygen atoms in total. The van der Waals surface area contributed by atoms with Crippen molar-refractivity contribution in [1.29, 1.82) is 0 Å². The first-order chi connectivity index (χ1) is 19.0. The second-order valence-electron chi connectivity index (χ2n) is 9.06. The lowest BCUT2D eigenvalue weighted by Gasteiger charge is -2.35. The number of anilines is 2. The van der Waals surface area contributed by atoms with Crippen LogP contribution in [0.1, 0.15) is 27.0 Å². The first-order valence-electron chi connectivity index (χ1n) is 12.3. The Morgan fingerprint density at radius 1 is 1.00 bits per heavy atom. The third-order valence-corrected chi connectivity index (χ3v) is 6.68. The van der Waals surface area contributed by atoms with Gasteiger partial charge in [0.15, 0.2) is 5.72 Å². The molecule has 4 aromatic carbocycles. The first-order valence-corrected chi connectivity index (χ1v) is 12.3. The molecule has 0 saturated carbocycles. The van der Waals surface area contributed by atoms with Gasteiger partial charge in [0.2, 0.25) is 5.95 Å². The van der Waals surface area contributed by atoms with E-state index in [0.717, 1.165) is 5.56 Å². The third-order valence-electron chi connectivity index (χ3n) is 6.68. The highest BCUT2D eigenvalue weighted by Gasteiger charge is 2.50. The van der Waals surface area contributed by atoms with E-state index in [1.807, 2.05) is 36.4 Å².